The van der Waals surface area contributed by atoms with Gasteiger partial charge in [-0.1, -0.05) is 20.3 Å². The van der Waals surface area contributed by atoms with Crippen LogP contribution >= 0.6 is 12.4 Å². The predicted octanol–water partition coefficient (Wildman–Crippen LogP) is 0.0708. The first-order valence-corrected chi connectivity index (χ1v) is 4.64. The highest BCUT2D eigenvalue weighted by Crippen LogP contribution is 2.08. The number of rotatable bonds is 5. The highest BCUT2D eigenvalue weighted by Gasteiger charge is 2.25. The van der Waals surface area contributed by atoms with Crippen molar-refractivity contribution < 1.29 is 14.3 Å². The Kier molecular flexibility index (Phi) is 9.41. The number of halogens is 1. The van der Waals surface area contributed by atoms with Gasteiger partial charge in [-0.2, -0.15) is 0 Å². The van der Waals surface area contributed by atoms with Gasteiger partial charge in [0.2, 0.25) is 5.91 Å². The summed E-state index contributed by atoms with van der Waals surface area (Å²) in [5.41, 5.74) is 5.14. The maximum Gasteiger partial charge on any atom is 0.328 e. The molecule has 0 aromatic heterocycles. The van der Waals surface area contributed by atoms with E-state index in [0.29, 0.717) is 0 Å². The lowest BCUT2D eigenvalue weighted by Crippen LogP contribution is -2.47. The second-order valence-corrected chi connectivity index (χ2v) is 3.16. The molecule has 1 amide bonds. The van der Waals surface area contributed by atoms with Gasteiger partial charge in [-0.3, -0.25) is 4.79 Å². The van der Waals surface area contributed by atoms with E-state index in [0.717, 1.165) is 6.42 Å². The number of nitrogens with two attached hydrogens (primary N) is 1. The Morgan fingerprint density at radius 1 is 1.47 bits per heavy atom. The Morgan fingerprint density at radius 3 is 2.33 bits per heavy atom. The third kappa shape index (κ3) is 5.59. The molecule has 0 aliphatic rings. The Balaban J connectivity index is 0. The number of hydrogen-bond acceptors (Lipinski definition) is 4. The van der Waals surface area contributed by atoms with Crippen LogP contribution in [0.3, 0.4) is 0 Å². The minimum absolute atomic E-state index is 0. The fourth-order valence-corrected chi connectivity index (χ4v) is 1.03. The summed E-state index contributed by atoms with van der Waals surface area (Å²) in [5.74, 6) is -0.736. The van der Waals surface area contributed by atoms with E-state index in [2.05, 4.69) is 10.1 Å². The van der Waals surface area contributed by atoms with Crippen LogP contribution in [0.5, 0.6) is 0 Å². The summed E-state index contributed by atoms with van der Waals surface area (Å²) >= 11 is 0. The molecule has 3 N–H and O–H groups in total. The zero-order valence-electron chi connectivity index (χ0n) is 9.28. The van der Waals surface area contributed by atoms with Gasteiger partial charge in [-0.25, -0.2) is 4.79 Å². The van der Waals surface area contributed by atoms with Gasteiger partial charge in [-0.05, 0) is 5.92 Å². The molecule has 5 nitrogen and oxygen atoms in total. The number of hydrogen-bond donors (Lipinski definition) is 2. The number of nitrogens with one attached hydrogen (secondary N) is 1. The molecule has 90 valence electrons. The van der Waals surface area contributed by atoms with Crippen LogP contribution in [0, 0.1) is 5.92 Å². The van der Waals surface area contributed by atoms with Crippen LogP contribution in [-0.2, 0) is 14.3 Å². The average molecular weight is 239 g/mol. The summed E-state index contributed by atoms with van der Waals surface area (Å²) in [4.78, 5) is 22.3. The smallest absolute Gasteiger partial charge is 0.328 e. The van der Waals surface area contributed by atoms with Crippen molar-refractivity contribution in [3.8, 4) is 0 Å². The molecule has 2 atom stereocenters. The number of amides is 1. The van der Waals surface area contributed by atoms with Crippen LogP contribution in [0.15, 0.2) is 0 Å². The van der Waals surface area contributed by atoms with E-state index in [4.69, 9.17) is 5.73 Å². The van der Waals surface area contributed by atoms with Crippen LogP contribution in [-0.4, -0.2) is 31.6 Å². The Bertz CT molecular complexity index is 212. The van der Waals surface area contributed by atoms with E-state index >= 15 is 0 Å². The largest absolute Gasteiger partial charge is 0.467 e. The van der Waals surface area contributed by atoms with E-state index in [1.54, 1.807) is 0 Å². The fourth-order valence-electron chi connectivity index (χ4n) is 1.03. The van der Waals surface area contributed by atoms with Gasteiger partial charge < -0.3 is 15.8 Å². The first-order chi connectivity index (χ1) is 6.56. The number of carbonyl (C=O) groups is 2. The van der Waals surface area contributed by atoms with Crippen LogP contribution in [0.4, 0.5) is 0 Å². The summed E-state index contributed by atoms with van der Waals surface area (Å²) in [6.07, 6.45) is 0.782. The SMILES string of the molecule is CCC(C)C(NC(=O)CN)C(=O)OC.Cl. The van der Waals surface area contributed by atoms with Gasteiger partial charge in [0.25, 0.3) is 0 Å². The minimum Gasteiger partial charge on any atom is -0.467 e. The monoisotopic (exact) mass is 238 g/mol. The van der Waals surface area contributed by atoms with E-state index in [9.17, 15) is 9.59 Å². The van der Waals surface area contributed by atoms with E-state index in [1.807, 2.05) is 13.8 Å². The lowest BCUT2D eigenvalue weighted by Gasteiger charge is -2.21. The van der Waals surface area contributed by atoms with Gasteiger partial charge in [0.1, 0.15) is 6.04 Å². The third-order valence-corrected chi connectivity index (χ3v) is 2.17. The van der Waals surface area contributed by atoms with Crippen molar-refractivity contribution in [1.29, 1.82) is 0 Å². The van der Waals surface area contributed by atoms with Crippen LogP contribution in [0.2, 0.25) is 0 Å². The molecule has 0 rings (SSSR count). The molecule has 6 heteroatoms. The van der Waals surface area contributed by atoms with Crippen molar-refractivity contribution in [2.24, 2.45) is 11.7 Å². The van der Waals surface area contributed by atoms with Gasteiger partial charge in [0, 0.05) is 0 Å². The maximum absolute atomic E-state index is 11.3. The molecule has 0 aliphatic carbocycles. The molecule has 0 aliphatic heterocycles. The van der Waals surface area contributed by atoms with E-state index in [-0.39, 0.29) is 30.8 Å². The first kappa shape index (κ1) is 16.6. The fraction of sp³-hybridized carbons (Fsp3) is 0.778. The van der Waals surface area contributed by atoms with Crippen LogP contribution < -0.4 is 11.1 Å². The van der Waals surface area contributed by atoms with Gasteiger partial charge in [0.15, 0.2) is 0 Å². The molecular weight excluding hydrogens is 220 g/mol. The zero-order chi connectivity index (χ0) is 11.1. The molecule has 0 bridgehead atoms. The quantitative estimate of drug-likeness (QED) is 0.665. The molecule has 2 unspecified atom stereocenters. The van der Waals surface area contributed by atoms with Gasteiger partial charge in [0.05, 0.1) is 13.7 Å². The number of methoxy groups -OCH3 is 1. The molecule has 0 aromatic rings. The highest BCUT2D eigenvalue weighted by atomic mass is 35.5. The average Bonchev–Trinajstić information content (AvgIpc) is 2.23. The molecule has 0 saturated carbocycles. The number of ether oxygens (including phenoxy) is 1. The first-order valence-electron chi connectivity index (χ1n) is 4.64. The van der Waals surface area contributed by atoms with Crippen molar-refractivity contribution in [1.82, 2.24) is 5.32 Å². The predicted molar refractivity (Wildman–Crippen MR) is 59.7 cm³/mol. The molecular formula is C9H19ClN2O3. The van der Waals surface area contributed by atoms with Crippen molar-refractivity contribution >= 4 is 24.3 Å². The maximum atomic E-state index is 11.3. The topological polar surface area (TPSA) is 81.4 Å². The number of carbonyl (C=O) groups excluding carboxylic acids is 2. The van der Waals surface area contributed by atoms with Gasteiger partial charge in [-0.15, -0.1) is 12.4 Å². The Labute approximate surface area is 96.1 Å². The van der Waals surface area contributed by atoms with E-state index < -0.39 is 12.0 Å². The van der Waals surface area contributed by atoms with E-state index in [1.165, 1.54) is 7.11 Å². The zero-order valence-corrected chi connectivity index (χ0v) is 10.1. The van der Waals surface area contributed by atoms with Gasteiger partial charge >= 0.3 is 5.97 Å². The summed E-state index contributed by atoms with van der Waals surface area (Å²) in [6, 6.07) is -0.596. The summed E-state index contributed by atoms with van der Waals surface area (Å²) < 4.78 is 4.59. The Morgan fingerprint density at radius 2 is 2.00 bits per heavy atom. The molecule has 0 saturated heterocycles. The molecule has 15 heavy (non-hydrogen) atoms. The van der Waals surface area contributed by atoms with Crippen molar-refractivity contribution in [3.05, 3.63) is 0 Å². The Hall–Kier alpha value is -0.810. The van der Waals surface area contributed by atoms with Crippen LogP contribution in [0.25, 0.3) is 0 Å². The third-order valence-electron chi connectivity index (χ3n) is 2.17. The standard InChI is InChI=1S/C9H18N2O3.ClH/c1-4-6(2)8(9(13)14-3)11-7(12)5-10;/h6,8H,4-5,10H2,1-3H3,(H,11,12);1H. The van der Waals surface area contributed by atoms with Crippen LogP contribution in [0.1, 0.15) is 20.3 Å². The van der Waals surface area contributed by atoms with Crippen molar-refractivity contribution in [2.75, 3.05) is 13.7 Å². The highest BCUT2D eigenvalue weighted by molar-refractivity contribution is 5.85. The second-order valence-electron chi connectivity index (χ2n) is 3.16. The second kappa shape index (κ2) is 8.49. The molecule has 0 fully saturated rings. The summed E-state index contributed by atoms with van der Waals surface area (Å²) in [5, 5.41) is 2.53. The summed E-state index contributed by atoms with van der Waals surface area (Å²) in [7, 11) is 1.30. The van der Waals surface area contributed by atoms with Crippen molar-refractivity contribution in [3.63, 3.8) is 0 Å². The molecule has 0 spiro atoms. The molecule has 0 radical (unpaired) electrons. The molecule has 0 aromatic carbocycles. The summed E-state index contributed by atoms with van der Waals surface area (Å²) in [6.45, 7) is 3.69. The lowest BCUT2D eigenvalue weighted by atomic mass is 9.99. The van der Waals surface area contributed by atoms with Crippen molar-refractivity contribution in [2.45, 2.75) is 26.3 Å². The molecule has 0 heterocycles. The lowest BCUT2D eigenvalue weighted by molar-refractivity contribution is -0.146. The minimum atomic E-state index is -0.596. The number of esters is 1. The normalized spacial score (nSPS) is 13.3.